The molecule has 3 nitrogen and oxygen atoms in total. The number of nitro groups is 1. The van der Waals surface area contributed by atoms with Gasteiger partial charge >= 0.3 is 0 Å². The number of rotatable bonds is 9. The topological polar surface area (TPSA) is 43.1 Å². The molecule has 1 aromatic carbocycles. The van der Waals surface area contributed by atoms with Gasteiger partial charge in [-0.05, 0) is 18.4 Å². The fourth-order valence-corrected chi connectivity index (χ4v) is 2.07. The third-order valence-corrected chi connectivity index (χ3v) is 3.22. The third kappa shape index (κ3) is 5.80. The number of hydrogen-bond donors (Lipinski definition) is 0. The predicted octanol–water partition coefficient (Wildman–Crippen LogP) is 4.89. The minimum atomic E-state index is -0.350. The lowest BCUT2D eigenvalue weighted by atomic mass is 10.0. The van der Waals surface area contributed by atoms with Crippen LogP contribution in [-0.4, -0.2) is 4.92 Å². The molecule has 0 spiro atoms. The number of nitro benzene ring substituents is 1. The van der Waals surface area contributed by atoms with Crippen LogP contribution < -0.4 is 0 Å². The molecule has 0 fully saturated rings. The van der Waals surface area contributed by atoms with Gasteiger partial charge in [-0.2, -0.15) is 0 Å². The molecular formula is C15H23NO2. The van der Waals surface area contributed by atoms with Crippen LogP contribution in [0.5, 0.6) is 0 Å². The number of hydrogen-bond acceptors (Lipinski definition) is 2. The molecule has 18 heavy (non-hydrogen) atoms. The summed E-state index contributed by atoms with van der Waals surface area (Å²) in [5.74, 6) is 0. The highest BCUT2D eigenvalue weighted by Gasteiger charge is 2.03. The maximum atomic E-state index is 10.5. The highest BCUT2D eigenvalue weighted by molar-refractivity contribution is 5.32. The van der Waals surface area contributed by atoms with Crippen LogP contribution in [0.2, 0.25) is 0 Å². The third-order valence-electron chi connectivity index (χ3n) is 3.22. The minimum Gasteiger partial charge on any atom is -0.258 e. The van der Waals surface area contributed by atoms with Gasteiger partial charge in [0.05, 0.1) is 4.92 Å². The first-order chi connectivity index (χ1) is 8.74. The molecule has 0 aromatic heterocycles. The van der Waals surface area contributed by atoms with Crippen LogP contribution in [-0.2, 0) is 6.42 Å². The van der Waals surface area contributed by atoms with Crippen molar-refractivity contribution in [3.05, 3.63) is 39.9 Å². The Morgan fingerprint density at radius 2 is 1.50 bits per heavy atom. The Kier molecular flexibility index (Phi) is 7.07. The van der Waals surface area contributed by atoms with Crippen LogP contribution in [0, 0.1) is 10.1 Å². The Morgan fingerprint density at radius 1 is 0.944 bits per heavy atom. The van der Waals surface area contributed by atoms with Gasteiger partial charge in [0.1, 0.15) is 0 Å². The van der Waals surface area contributed by atoms with Crippen molar-refractivity contribution in [1.29, 1.82) is 0 Å². The number of nitrogens with zero attached hydrogens (tertiary/aromatic N) is 1. The van der Waals surface area contributed by atoms with Crippen molar-refractivity contribution in [3.8, 4) is 0 Å². The maximum absolute atomic E-state index is 10.5. The molecule has 0 N–H and O–H groups in total. The molecule has 0 aliphatic carbocycles. The monoisotopic (exact) mass is 249 g/mol. The molecule has 0 aliphatic rings. The van der Waals surface area contributed by atoms with Gasteiger partial charge < -0.3 is 0 Å². The molecule has 100 valence electrons. The lowest BCUT2D eigenvalue weighted by molar-refractivity contribution is -0.384. The number of unbranched alkanes of at least 4 members (excludes halogenated alkanes) is 6. The zero-order chi connectivity index (χ0) is 13.2. The first-order valence-corrected chi connectivity index (χ1v) is 6.97. The van der Waals surface area contributed by atoms with E-state index in [0.29, 0.717) is 0 Å². The van der Waals surface area contributed by atoms with E-state index in [1.54, 1.807) is 12.1 Å². The van der Waals surface area contributed by atoms with Crippen molar-refractivity contribution in [3.63, 3.8) is 0 Å². The van der Waals surface area contributed by atoms with Crippen LogP contribution in [0.3, 0.4) is 0 Å². The lowest BCUT2D eigenvalue weighted by Crippen LogP contribution is -1.90. The van der Waals surface area contributed by atoms with E-state index >= 15 is 0 Å². The maximum Gasteiger partial charge on any atom is 0.269 e. The average molecular weight is 249 g/mol. The zero-order valence-electron chi connectivity index (χ0n) is 11.2. The van der Waals surface area contributed by atoms with Crippen LogP contribution in [0.25, 0.3) is 0 Å². The molecule has 1 rings (SSSR count). The van der Waals surface area contributed by atoms with E-state index in [9.17, 15) is 10.1 Å². The highest BCUT2D eigenvalue weighted by Crippen LogP contribution is 2.14. The van der Waals surface area contributed by atoms with Crippen molar-refractivity contribution in [2.45, 2.75) is 58.3 Å². The van der Waals surface area contributed by atoms with E-state index in [1.807, 2.05) is 12.1 Å². The van der Waals surface area contributed by atoms with Crippen molar-refractivity contribution in [2.75, 3.05) is 0 Å². The average Bonchev–Trinajstić information content (AvgIpc) is 2.38. The van der Waals surface area contributed by atoms with E-state index in [0.717, 1.165) is 6.42 Å². The Hall–Kier alpha value is -1.38. The molecule has 3 heteroatoms. The molecule has 0 atom stereocenters. The predicted molar refractivity (Wildman–Crippen MR) is 74.8 cm³/mol. The first kappa shape index (κ1) is 14.7. The van der Waals surface area contributed by atoms with Crippen LogP contribution in [0.4, 0.5) is 5.69 Å². The number of benzene rings is 1. The fourth-order valence-electron chi connectivity index (χ4n) is 2.07. The van der Waals surface area contributed by atoms with Gasteiger partial charge in [-0.25, -0.2) is 0 Å². The Bertz CT molecular complexity index is 346. The van der Waals surface area contributed by atoms with E-state index in [1.165, 1.54) is 50.5 Å². The summed E-state index contributed by atoms with van der Waals surface area (Å²) in [5, 5.41) is 10.5. The van der Waals surface area contributed by atoms with Crippen LogP contribution in [0.15, 0.2) is 24.3 Å². The Balaban J connectivity index is 2.14. The molecule has 0 unspecified atom stereocenters. The van der Waals surface area contributed by atoms with Crippen molar-refractivity contribution < 1.29 is 4.92 Å². The largest absolute Gasteiger partial charge is 0.269 e. The summed E-state index contributed by atoms with van der Waals surface area (Å²) in [4.78, 5) is 10.2. The molecule has 0 bridgehead atoms. The summed E-state index contributed by atoms with van der Waals surface area (Å²) in [6.07, 6.45) is 10.1. The first-order valence-electron chi connectivity index (χ1n) is 6.97. The van der Waals surface area contributed by atoms with Gasteiger partial charge in [0.25, 0.3) is 5.69 Å². The second-order valence-electron chi connectivity index (χ2n) is 4.79. The Morgan fingerprint density at radius 3 is 2.06 bits per heavy atom. The van der Waals surface area contributed by atoms with E-state index in [4.69, 9.17) is 0 Å². The normalized spacial score (nSPS) is 10.5. The molecule has 0 heterocycles. The summed E-state index contributed by atoms with van der Waals surface area (Å²) < 4.78 is 0. The summed E-state index contributed by atoms with van der Waals surface area (Å²) in [6, 6.07) is 6.93. The van der Waals surface area contributed by atoms with Crippen molar-refractivity contribution >= 4 is 5.69 Å². The summed E-state index contributed by atoms with van der Waals surface area (Å²) in [7, 11) is 0. The van der Waals surface area contributed by atoms with E-state index in [-0.39, 0.29) is 10.6 Å². The second kappa shape index (κ2) is 8.67. The van der Waals surface area contributed by atoms with Crippen LogP contribution >= 0.6 is 0 Å². The molecule has 0 saturated carbocycles. The molecule has 0 saturated heterocycles. The van der Waals surface area contributed by atoms with Gasteiger partial charge in [0, 0.05) is 12.1 Å². The molecule has 0 radical (unpaired) electrons. The SMILES string of the molecule is CCCCCCCCCc1ccc([N+](=O)[O-])cc1. The zero-order valence-corrected chi connectivity index (χ0v) is 11.2. The smallest absolute Gasteiger partial charge is 0.258 e. The fraction of sp³-hybridized carbons (Fsp3) is 0.600. The van der Waals surface area contributed by atoms with Gasteiger partial charge in [-0.1, -0.05) is 57.6 Å². The number of aryl methyl sites for hydroxylation is 1. The Labute approximate surface area is 109 Å². The second-order valence-corrected chi connectivity index (χ2v) is 4.79. The molecule has 1 aromatic rings. The van der Waals surface area contributed by atoms with Gasteiger partial charge in [-0.15, -0.1) is 0 Å². The molecule has 0 amide bonds. The van der Waals surface area contributed by atoms with Gasteiger partial charge in [0.2, 0.25) is 0 Å². The van der Waals surface area contributed by atoms with Gasteiger partial charge in [0.15, 0.2) is 0 Å². The van der Waals surface area contributed by atoms with Crippen LogP contribution in [0.1, 0.15) is 57.4 Å². The highest BCUT2D eigenvalue weighted by atomic mass is 16.6. The van der Waals surface area contributed by atoms with E-state index in [2.05, 4.69) is 6.92 Å². The lowest BCUT2D eigenvalue weighted by Gasteiger charge is -2.02. The quantitative estimate of drug-likeness (QED) is 0.355. The van der Waals surface area contributed by atoms with Crippen molar-refractivity contribution in [1.82, 2.24) is 0 Å². The minimum absolute atomic E-state index is 0.179. The van der Waals surface area contributed by atoms with E-state index < -0.39 is 0 Å². The summed E-state index contributed by atoms with van der Waals surface area (Å²) in [5.41, 5.74) is 1.38. The van der Waals surface area contributed by atoms with Crippen molar-refractivity contribution in [2.24, 2.45) is 0 Å². The summed E-state index contributed by atoms with van der Waals surface area (Å²) >= 11 is 0. The molecule has 0 aliphatic heterocycles. The van der Waals surface area contributed by atoms with Gasteiger partial charge in [-0.3, -0.25) is 10.1 Å². The summed E-state index contributed by atoms with van der Waals surface area (Å²) in [6.45, 7) is 2.23. The standard InChI is InChI=1S/C15H23NO2/c1-2-3-4-5-6-7-8-9-14-10-12-15(13-11-14)16(17)18/h10-13H,2-9H2,1H3. The number of non-ortho nitro benzene ring substituents is 1. The molecular weight excluding hydrogens is 226 g/mol.